The van der Waals surface area contributed by atoms with E-state index in [1.54, 1.807) is 29.1 Å². The van der Waals surface area contributed by atoms with Gasteiger partial charge in [-0.25, -0.2) is 0 Å². The van der Waals surface area contributed by atoms with Gasteiger partial charge in [0.05, 0.1) is 36.8 Å². The van der Waals surface area contributed by atoms with Crippen LogP contribution in [0.25, 0.3) is 11.3 Å². The standard InChI is InChI=1S/C18H17N5O2/c1-11-6-14(12-7-13(25-3)9-19-8-12)20-15-10-23(18(24)17(11)15)16-4-5-22(2)21-16/h4-9H,10H2,1-3H3. The quantitative estimate of drug-likeness (QED) is 0.734. The van der Waals surface area contributed by atoms with Crippen LogP contribution >= 0.6 is 0 Å². The maximum absolute atomic E-state index is 12.8. The predicted octanol–water partition coefficient (Wildman–Crippen LogP) is 2.35. The van der Waals surface area contributed by atoms with Crippen molar-refractivity contribution in [2.75, 3.05) is 12.0 Å². The van der Waals surface area contributed by atoms with Crippen LogP contribution in [0, 0.1) is 6.92 Å². The molecule has 0 bridgehead atoms. The Morgan fingerprint density at radius 1 is 1.24 bits per heavy atom. The second-order valence-corrected chi connectivity index (χ2v) is 6.00. The predicted molar refractivity (Wildman–Crippen MR) is 92.5 cm³/mol. The summed E-state index contributed by atoms with van der Waals surface area (Å²) in [5.74, 6) is 1.24. The molecule has 0 atom stereocenters. The van der Waals surface area contributed by atoms with Gasteiger partial charge in [0.15, 0.2) is 5.82 Å². The molecule has 7 nitrogen and oxygen atoms in total. The third-order valence-electron chi connectivity index (χ3n) is 4.28. The van der Waals surface area contributed by atoms with Crippen molar-refractivity contribution in [1.82, 2.24) is 19.7 Å². The second-order valence-electron chi connectivity index (χ2n) is 6.00. The second kappa shape index (κ2) is 5.70. The lowest BCUT2D eigenvalue weighted by Crippen LogP contribution is -2.23. The molecule has 0 aromatic carbocycles. The summed E-state index contributed by atoms with van der Waals surface area (Å²) in [6.07, 6.45) is 5.21. The molecule has 25 heavy (non-hydrogen) atoms. The van der Waals surface area contributed by atoms with Crippen molar-refractivity contribution < 1.29 is 9.53 Å². The first-order valence-electron chi connectivity index (χ1n) is 7.88. The SMILES string of the molecule is COc1cncc(-c2cc(C)c3c(n2)CN(c2ccn(C)n2)C3=O)c1. The van der Waals surface area contributed by atoms with E-state index in [0.29, 0.717) is 23.7 Å². The van der Waals surface area contributed by atoms with Crippen molar-refractivity contribution in [3.63, 3.8) is 0 Å². The minimum Gasteiger partial charge on any atom is -0.495 e. The van der Waals surface area contributed by atoms with Gasteiger partial charge in [0.25, 0.3) is 5.91 Å². The topological polar surface area (TPSA) is 73.1 Å². The van der Waals surface area contributed by atoms with E-state index in [-0.39, 0.29) is 5.91 Å². The highest BCUT2D eigenvalue weighted by atomic mass is 16.5. The van der Waals surface area contributed by atoms with Gasteiger partial charge in [-0.05, 0) is 24.6 Å². The number of carbonyl (C=O) groups is 1. The lowest BCUT2D eigenvalue weighted by molar-refractivity contribution is 0.0995. The van der Waals surface area contributed by atoms with Gasteiger partial charge < -0.3 is 4.74 Å². The average Bonchev–Trinajstić information content (AvgIpc) is 3.18. The minimum atomic E-state index is -0.0611. The maximum Gasteiger partial charge on any atom is 0.262 e. The molecule has 3 aromatic heterocycles. The Morgan fingerprint density at radius 2 is 2.08 bits per heavy atom. The molecule has 7 heteroatoms. The molecule has 4 heterocycles. The monoisotopic (exact) mass is 335 g/mol. The van der Waals surface area contributed by atoms with Crippen LogP contribution in [0.4, 0.5) is 5.82 Å². The van der Waals surface area contributed by atoms with Gasteiger partial charge in [0, 0.05) is 31.1 Å². The van der Waals surface area contributed by atoms with Crippen LogP contribution in [0.15, 0.2) is 36.8 Å². The van der Waals surface area contributed by atoms with Crippen molar-refractivity contribution in [3.8, 4) is 17.0 Å². The minimum absolute atomic E-state index is 0.0611. The largest absolute Gasteiger partial charge is 0.495 e. The third-order valence-corrected chi connectivity index (χ3v) is 4.28. The van der Waals surface area contributed by atoms with Gasteiger partial charge >= 0.3 is 0 Å². The number of carbonyl (C=O) groups excluding carboxylic acids is 1. The van der Waals surface area contributed by atoms with E-state index in [2.05, 4.69) is 10.1 Å². The number of hydrogen-bond donors (Lipinski definition) is 0. The number of amides is 1. The first-order chi connectivity index (χ1) is 12.1. The Morgan fingerprint density at radius 3 is 2.80 bits per heavy atom. The van der Waals surface area contributed by atoms with E-state index >= 15 is 0 Å². The Kier molecular flexibility index (Phi) is 3.49. The smallest absolute Gasteiger partial charge is 0.262 e. The highest BCUT2D eigenvalue weighted by molar-refractivity contribution is 6.10. The lowest BCUT2D eigenvalue weighted by atomic mass is 10.1. The Bertz CT molecular complexity index is 979. The number of nitrogens with zero attached hydrogens (tertiary/aromatic N) is 5. The number of ether oxygens (including phenoxy) is 1. The molecule has 0 radical (unpaired) electrons. The number of rotatable bonds is 3. The summed E-state index contributed by atoms with van der Waals surface area (Å²) >= 11 is 0. The Balaban J connectivity index is 1.75. The summed E-state index contributed by atoms with van der Waals surface area (Å²) in [7, 11) is 3.43. The number of pyridine rings is 2. The molecule has 3 aromatic rings. The van der Waals surface area contributed by atoms with Gasteiger partial charge in [0.1, 0.15) is 5.75 Å². The van der Waals surface area contributed by atoms with Gasteiger partial charge in [-0.2, -0.15) is 5.10 Å². The highest BCUT2D eigenvalue weighted by Crippen LogP contribution is 2.31. The van der Waals surface area contributed by atoms with E-state index in [4.69, 9.17) is 9.72 Å². The molecule has 1 amide bonds. The fraction of sp³-hybridized carbons (Fsp3) is 0.222. The zero-order valence-corrected chi connectivity index (χ0v) is 14.2. The third kappa shape index (κ3) is 2.53. The van der Waals surface area contributed by atoms with Crippen LogP contribution in [-0.4, -0.2) is 32.8 Å². The van der Waals surface area contributed by atoms with Crippen LogP contribution in [0.1, 0.15) is 21.6 Å². The molecule has 1 aliphatic rings. The number of anilines is 1. The number of aryl methyl sites for hydroxylation is 2. The number of aromatic nitrogens is 4. The van der Waals surface area contributed by atoms with Crippen LogP contribution < -0.4 is 9.64 Å². The van der Waals surface area contributed by atoms with Gasteiger partial charge in [-0.15, -0.1) is 0 Å². The van der Waals surface area contributed by atoms with Gasteiger partial charge in [0.2, 0.25) is 0 Å². The van der Waals surface area contributed by atoms with Crippen molar-refractivity contribution in [3.05, 3.63) is 53.6 Å². The van der Waals surface area contributed by atoms with Crippen molar-refractivity contribution in [1.29, 1.82) is 0 Å². The molecular weight excluding hydrogens is 318 g/mol. The molecule has 0 saturated heterocycles. The fourth-order valence-corrected chi connectivity index (χ4v) is 3.05. The average molecular weight is 335 g/mol. The van der Waals surface area contributed by atoms with Crippen LogP contribution in [-0.2, 0) is 13.6 Å². The maximum atomic E-state index is 12.8. The van der Waals surface area contributed by atoms with Gasteiger partial charge in [-0.1, -0.05) is 0 Å². The molecule has 0 saturated carbocycles. The summed E-state index contributed by atoms with van der Waals surface area (Å²) in [6.45, 7) is 2.34. The van der Waals surface area contributed by atoms with E-state index in [1.165, 1.54) is 0 Å². The first-order valence-corrected chi connectivity index (χ1v) is 7.88. The Labute approximate surface area is 144 Å². The van der Waals surface area contributed by atoms with E-state index in [0.717, 1.165) is 22.5 Å². The molecule has 0 N–H and O–H groups in total. The summed E-state index contributed by atoms with van der Waals surface area (Å²) in [5, 5.41) is 4.33. The van der Waals surface area contributed by atoms with E-state index in [9.17, 15) is 4.79 Å². The van der Waals surface area contributed by atoms with Gasteiger partial charge in [-0.3, -0.25) is 24.3 Å². The molecule has 0 aliphatic carbocycles. The summed E-state index contributed by atoms with van der Waals surface area (Å²) in [5.41, 5.74) is 3.94. The molecule has 0 fully saturated rings. The van der Waals surface area contributed by atoms with Crippen LogP contribution in [0.3, 0.4) is 0 Å². The highest BCUT2D eigenvalue weighted by Gasteiger charge is 2.33. The Hall–Kier alpha value is -3.22. The molecular formula is C18H17N5O2. The molecule has 1 aliphatic heterocycles. The van der Waals surface area contributed by atoms with E-state index < -0.39 is 0 Å². The number of fused-ring (bicyclic) bond motifs is 1. The first kappa shape index (κ1) is 15.3. The number of methoxy groups -OCH3 is 1. The van der Waals surface area contributed by atoms with Crippen LogP contribution in [0.5, 0.6) is 5.75 Å². The molecule has 126 valence electrons. The van der Waals surface area contributed by atoms with Crippen molar-refractivity contribution in [2.24, 2.45) is 7.05 Å². The summed E-state index contributed by atoms with van der Waals surface area (Å²) < 4.78 is 6.91. The van der Waals surface area contributed by atoms with Crippen LogP contribution in [0.2, 0.25) is 0 Å². The fourth-order valence-electron chi connectivity index (χ4n) is 3.05. The zero-order chi connectivity index (χ0) is 17.6. The zero-order valence-electron chi connectivity index (χ0n) is 14.2. The van der Waals surface area contributed by atoms with Crippen molar-refractivity contribution >= 4 is 11.7 Å². The van der Waals surface area contributed by atoms with Crippen molar-refractivity contribution in [2.45, 2.75) is 13.5 Å². The normalized spacial score (nSPS) is 13.2. The lowest BCUT2D eigenvalue weighted by Gasteiger charge is -2.11. The molecule has 0 unspecified atom stereocenters. The molecule has 4 rings (SSSR count). The summed E-state index contributed by atoms with van der Waals surface area (Å²) in [6, 6.07) is 5.62. The summed E-state index contributed by atoms with van der Waals surface area (Å²) in [4.78, 5) is 23.3. The molecule has 0 spiro atoms. The number of hydrogen-bond acceptors (Lipinski definition) is 5. The van der Waals surface area contributed by atoms with E-state index in [1.807, 2.05) is 38.4 Å².